The molecule has 0 radical (unpaired) electrons. The van der Waals surface area contributed by atoms with Crippen LogP contribution < -0.4 is 0 Å². The van der Waals surface area contributed by atoms with Crippen molar-refractivity contribution in [3.63, 3.8) is 0 Å². The van der Waals surface area contributed by atoms with E-state index in [0.29, 0.717) is 6.61 Å². The molecule has 3 unspecified atom stereocenters. The van der Waals surface area contributed by atoms with E-state index >= 15 is 0 Å². The first-order valence-electron chi connectivity index (χ1n) is 6.76. The molecule has 3 heteroatoms. The smallest absolute Gasteiger partial charge is 0.158 e. The van der Waals surface area contributed by atoms with Gasteiger partial charge in [0, 0.05) is 12.5 Å². The van der Waals surface area contributed by atoms with Crippen molar-refractivity contribution in [3.8, 4) is 11.8 Å². The molecule has 1 aliphatic heterocycles. The zero-order valence-electron chi connectivity index (χ0n) is 10.4. The Hall–Kier alpha value is -0.560. The maximum absolute atomic E-state index is 9.75. The monoisotopic (exact) mass is 238 g/mol. The van der Waals surface area contributed by atoms with Gasteiger partial charge in [0.1, 0.15) is 6.61 Å². The van der Waals surface area contributed by atoms with Gasteiger partial charge in [-0.15, -0.1) is 0 Å². The molecule has 0 aromatic rings. The standard InChI is InChI=1S/C14H22O3/c15-13-8-2-1-6-12(13)7-5-11-17-14-9-3-4-10-16-14/h12-15H,1-4,6,8-11H2. The summed E-state index contributed by atoms with van der Waals surface area (Å²) in [5, 5.41) is 9.75. The number of hydrogen-bond acceptors (Lipinski definition) is 3. The molecule has 0 amide bonds. The Bertz CT molecular complexity index is 273. The van der Waals surface area contributed by atoms with Crippen molar-refractivity contribution in [1.29, 1.82) is 0 Å². The second kappa shape index (κ2) is 7.00. The summed E-state index contributed by atoms with van der Waals surface area (Å²) in [5.74, 6) is 6.30. The zero-order valence-corrected chi connectivity index (χ0v) is 10.4. The van der Waals surface area contributed by atoms with E-state index in [1.54, 1.807) is 0 Å². The highest BCUT2D eigenvalue weighted by Crippen LogP contribution is 2.23. The van der Waals surface area contributed by atoms with Gasteiger partial charge in [0.15, 0.2) is 6.29 Å². The molecule has 1 aliphatic carbocycles. The number of rotatable bonds is 2. The Morgan fingerprint density at radius 2 is 1.94 bits per heavy atom. The highest BCUT2D eigenvalue weighted by atomic mass is 16.7. The lowest BCUT2D eigenvalue weighted by Gasteiger charge is -2.23. The summed E-state index contributed by atoms with van der Waals surface area (Å²) in [6, 6.07) is 0. The first-order chi connectivity index (χ1) is 8.36. The molecular weight excluding hydrogens is 216 g/mol. The van der Waals surface area contributed by atoms with Gasteiger partial charge < -0.3 is 14.6 Å². The van der Waals surface area contributed by atoms with Gasteiger partial charge in [-0.3, -0.25) is 0 Å². The van der Waals surface area contributed by atoms with E-state index < -0.39 is 0 Å². The summed E-state index contributed by atoms with van der Waals surface area (Å²) in [6.45, 7) is 1.23. The van der Waals surface area contributed by atoms with Gasteiger partial charge in [0.05, 0.1) is 6.10 Å². The molecule has 17 heavy (non-hydrogen) atoms. The molecular formula is C14H22O3. The Labute approximate surface area is 103 Å². The van der Waals surface area contributed by atoms with E-state index in [0.717, 1.165) is 38.7 Å². The van der Waals surface area contributed by atoms with Crippen LogP contribution in [0.2, 0.25) is 0 Å². The number of aliphatic hydroxyl groups is 1. The maximum Gasteiger partial charge on any atom is 0.158 e. The summed E-state index contributed by atoms with van der Waals surface area (Å²) < 4.78 is 11.0. The highest BCUT2D eigenvalue weighted by molar-refractivity contribution is 5.07. The fraction of sp³-hybridized carbons (Fsp3) is 0.857. The predicted octanol–water partition coefficient (Wildman–Crippen LogP) is 2.08. The molecule has 1 N–H and O–H groups in total. The fourth-order valence-corrected chi connectivity index (χ4v) is 2.43. The van der Waals surface area contributed by atoms with Crippen molar-refractivity contribution in [2.45, 2.75) is 57.3 Å². The minimum Gasteiger partial charge on any atom is -0.392 e. The van der Waals surface area contributed by atoms with E-state index in [-0.39, 0.29) is 18.3 Å². The molecule has 0 aromatic carbocycles. The van der Waals surface area contributed by atoms with Gasteiger partial charge in [0.25, 0.3) is 0 Å². The molecule has 3 nitrogen and oxygen atoms in total. The average Bonchev–Trinajstić information content (AvgIpc) is 2.38. The second-order valence-corrected chi connectivity index (χ2v) is 4.89. The first kappa shape index (κ1) is 12.9. The van der Waals surface area contributed by atoms with Crippen LogP contribution in [0.15, 0.2) is 0 Å². The predicted molar refractivity (Wildman–Crippen MR) is 65.3 cm³/mol. The van der Waals surface area contributed by atoms with E-state index in [1.807, 2.05) is 0 Å². The van der Waals surface area contributed by atoms with Gasteiger partial charge in [-0.2, -0.15) is 0 Å². The second-order valence-electron chi connectivity index (χ2n) is 4.89. The van der Waals surface area contributed by atoms with Gasteiger partial charge in [-0.1, -0.05) is 24.7 Å². The van der Waals surface area contributed by atoms with Gasteiger partial charge >= 0.3 is 0 Å². The molecule has 1 saturated carbocycles. The minimum atomic E-state index is -0.234. The molecule has 2 rings (SSSR count). The van der Waals surface area contributed by atoms with Crippen LogP contribution in [0, 0.1) is 17.8 Å². The van der Waals surface area contributed by atoms with Crippen LogP contribution in [0.5, 0.6) is 0 Å². The lowest BCUT2D eigenvalue weighted by atomic mass is 9.87. The van der Waals surface area contributed by atoms with Crippen molar-refractivity contribution < 1.29 is 14.6 Å². The third kappa shape index (κ3) is 4.31. The normalized spacial score (nSPS) is 33.8. The third-order valence-electron chi connectivity index (χ3n) is 3.50. The van der Waals surface area contributed by atoms with Crippen LogP contribution in [0.3, 0.4) is 0 Å². The largest absolute Gasteiger partial charge is 0.392 e. The minimum absolute atomic E-state index is 0.0608. The van der Waals surface area contributed by atoms with Crippen LogP contribution in [0.25, 0.3) is 0 Å². The number of ether oxygens (including phenoxy) is 2. The zero-order chi connectivity index (χ0) is 11.9. The van der Waals surface area contributed by atoms with Gasteiger partial charge in [-0.25, -0.2) is 0 Å². The molecule has 0 aromatic heterocycles. The van der Waals surface area contributed by atoms with Crippen LogP contribution in [0.4, 0.5) is 0 Å². The third-order valence-corrected chi connectivity index (χ3v) is 3.50. The molecule has 96 valence electrons. The molecule has 3 atom stereocenters. The lowest BCUT2D eigenvalue weighted by molar-refractivity contribution is -0.154. The summed E-state index contributed by atoms with van der Waals surface area (Å²) in [5.41, 5.74) is 0. The number of hydrogen-bond donors (Lipinski definition) is 1. The van der Waals surface area contributed by atoms with E-state index in [2.05, 4.69) is 11.8 Å². The summed E-state index contributed by atoms with van der Waals surface area (Å²) >= 11 is 0. The Morgan fingerprint density at radius 1 is 1.12 bits per heavy atom. The molecule has 2 fully saturated rings. The molecule has 1 saturated heterocycles. The van der Waals surface area contributed by atoms with E-state index in [4.69, 9.17) is 9.47 Å². The Kier molecular flexibility index (Phi) is 5.31. The van der Waals surface area contributed by atoms with Crippen LogP contribution >= 0.6 is 0 Å². The Balaban J connectivity index is 1.66. The summed E-state index contributed by atoms with van der Waals surface area (Å²) in [6.07, 6.45) is 7.23. The van der Waals surface area contributed by atoms with E-state index in [9.17, 15) is 5.11 Å². The quantitative estimate of drug-likeness (QED) is 0.749. The number of aliphatic hydroxyl groups excluding tert-OH is 1. The summed E-state index contributed by atoms with van der Waals surface area (Å²) in [4.78, 5) is 0. The Morgan fingerprint density at radius 3 is 2.71 bits per heavy atom. The molecule has 2 aliphatic rings. The average molecular weight is 238 g/mol. The highest BCUT2D eigenvalue weighted by Gasteiger charge is 2.20. The van der Waals surface area contributed by atoms with Crippen molar-refractivity contribution in [3.05, 3.63) is 0 Å². The van der Waals surface area contributed by atoms with Crippen molar-refractivity contribution in [1.82, 2.24) is 0 Å². The maximum atomic E-state index is 9.75. The fourth-order valence-electron chi connectivity index (χ4n) is 2.43. The van der Waals surface area contributed by atoms with Crippen LogP contribution in [-0.4, -0.2) is 30.7 Å². The van der Waals surface area contributed by atoms with Crippen LogP contribution in [-0.2, 0) is 9.47 Å². The van der Waals surface area contributed by atoms with Gasteiger partial charge in [0.2, 0.25) is 0 Å². The van der Waals surface area contributed by atoms with E-state index in [1.165, 1.54) is 12.8 Å². The lowest BCUT2D eigenvalue weighted by Crippen LogP contribution is -2.24. The molecule has 0 bridgehead atoms. The molecule has 0 spiro atoms. The summed E-state index contributed by atoms with van der Waals surface area (Å²) in [7, 11) is 0. The van der Waals surface area contributed by atoms with Crippen molar-refractivity contribution >= 4 is 0 Å². The SMILES string of the molecule is OC1CCCCC1C#CCOC1CCCCO1. The topological polar surface area (TPSA) is 38.7 Å². The van der Waals surface area contributed by atoms with Crippen molar-refractivity contribution in [2.75, 3.05) is 13.2 Å². The molecule has 1 heterocycles. The van der Waals surface area contributed by atoms with Crippen molar-refractivity contribution in [2.24, 2.45) is 5.92 Å². The first-order valence-corrected chi connectivity index (χ1v) is 6.76. The van der Waals surface area contributed by atoms with Crippen LogP contribution in [0.1, 0.15) is 44.9 Å². The van der Waals surface area contributed by atoms with Gasteiger partial charge in [-0.05, 0) is 32.1 Å².